The van der Waals surface area contributed by atoms with Crippen molar-refractivity contribution in [1.29, 1.82) is 0 Å². The highest BCUT2D eigenvalue weighted by Crippen LogP contribution is 2.23. The van der Waals surface area contributed by atoms with Gasteiger partial charge in [-0.1, -0.05) is 0 Å². The van der Waals surface area contributed by atoms with E-state index in [2.05, 4.69) is 10.6 Å². The van der Waals surface area contributed by atoms with Gasteiger partial charge in [-0.2, -0.15) is 9.78 Å². The quantitative estimate of drug-likeness (QED) is 0.651. The molecule has 0 aliphatic carbocycles. The Hall–Kier alpha value is -1.78. The number of hydrogen-bond donors (Lipinski definition) is 1. The zero-order valence-corrected chi connectivity index (χ0v) is 7.37. The molecular weight excluding hydrogens is 170 g/mol. The molecule has 5 nitrogen and oxygen atoms in total. The van der Waals surface area contributed by atoms with E-state index in [9.17, 15) is 4.79 Å². The molecule has 0 atom stereocenters. The SMILES string of the molecule is CC(=O)n1ncc2c1C=C(C)ON2. The van der Waals surface area contributed by atoms with Crippen LogP contribution in [0.4, 0.5) is 5.69 Å². The van der Waals surface area contributed by atoms with Crippen LogP contribution in [0, 0.1) is 0 Å². The highest BCUT2D eigenvalue weighted by Gasteiger charge is 2.15. The Morgan fingerprint density at radius 1 is 1.69 bits per heavy atom. The van der Waals surface area contributed by atoms with E-state index >= 15 is 0 Å². The van der Waals surface area contributed by atoms with Crippen molar-refractivity contribution in [3.63, 3.8) is 0 Å². The molecule has 0 saturated carbocycles. The number of rotatable bonds is 0. The van der Waals surface area contributed by atoms with Gasteiger partial charge in [-0.05, 0) is 6.92 Å². The van der Waals surface area contributed by atoms with Crippen LogP contribution < -0.4 is 5.48 Å². The lowest BCUT2D eigenvalue weighted by Crippen LogP contribution is -2.12. The topological polar surface area (TPSA) is 56.2 Å². The Morgan fingerprint density at radius 2 is 2.46 bits per heavy atom. The largest absolute Gasteiger partial charge is 0.387 e. The molecule has 0 spiro atoms. The first-order chi connectivity index (χ1) is 6.18. The monoisotopic (exact) mass is 179 g/mol. The minimum atomic E-state index is -0.117. The van der Waals surface area contributed by atoms with Gasteiger partial charge in [0.2, 0.25) is 5.91 Å². The average molecular weight is 179 g/mol. The lowest BCUT2D eigenvalue weighted by molar-refractivity contribution is 0.0920. The van der Waals surface area contributed by atoms with Gasteiger partial charge in [0.25, 0.3) is 0 Å². The first-order valence-electron chi connectivity index (χ1n) is 3.88. The van der Waals surface area contributed by atoms with Gasteiger partial charge >= 0.3 is 0 Å². The fourth-order valence-electron chi connectivity index (χ4n) is 1.18. The van der Waals surface area contributed by atoms with E-state index in [1.807, 2.05) is 0 Å². The van der Waals surface area contributed by atoms with Crippen molar-refractivity contribution in [1.82, 2.24) is 9.78 Å². The zero-order valence-electron chi connectivity index (χ0n) is 7.37. The first kappa shape index (κ1) is 7.85. The summed E-state index contributed by atoms with van der Waals surface area (Å²) in [6, 6.07) is 0. The van der Waals surface area contributed by atoms with Crippen molar-refractivity contribution >= 4 is 17.7 Å². The molecule has 0 aromatic carbocycles. The molecule has 1 aliphatic heterocycles. The second kappa shape index (κ2) is 2.62. The van der Waals surface area contributed by atoms with Crippen molar-refractivity contribution in [3.05, 3.63) is 17.6 Å². The summed E-state index contributed by atoms with van der Waals surface area (Å²) in [5.74, 6) is 0.588. The standard InChI is InChI=1S/C8H9N3O2/c1-5-3-8-7(10-13-5)4-9-11(8)6(2)12/h3-4,10H,1-2H3. The highest BCUT2D eigenvalue weighted by molar-refractivity contribution is 5.81. The summed E-state index contributed by atoms with van der Waals surface area (Å²) >= 11 is 0. The van der Waals surface area contributed by atoms with Gasteiger partial charge < -0.3 is 4.84 Å². The molecule has 5 heteroatoms. The van der Waals surface area contributed by atoms with Crippen LogP contribution in [0.25, 0.3) is 6.08 Å². The number of nitrogens with one attached hydrogen (secondary N) is 1. The van der Waals surface area contributed by atoms with E-state index in [1.165, 1.54) is 11.6 Å². The molecule has 1 aliphatic rings. The van der Waals surface area contributed by atoms with Gasteiger partial charge in [0.1, 0.15) is 11.4 Å². The molecule has 68 valence electrons. The summed E-state index contributed by atoms with van der Waals surface area (Å²) in [6.45, 7) is 3.26. The average Bonchev–Trinajstić information content (AvgIpc) is 2.46. The third-order valence-corrected chi connectivity index (χ3v) is 1.77. The molecule has 0 unspecified atom stereocenters. The minimum absolute atomic E-state index is 0.117. The number of allylic oxidation sites excluding steroid dienone is 1. The normalized spacial score (nSPS) is 13.8. The van der Waals surface area contributed by atoms with Crippen molar-refractivity contribution < 1.29 is 9.63 Å². The summed E-state index contributed by atoms with van der Waals surface area (Å²) in [7, 11) is 0. The van der Waals surface area contributed by atoms with Gasteiger partial charge in [-0.15, -0.1) is 0 Å². The summed E-state index contributed by atoms with van der Waals surface area (Å²) in [5.41, 5.74) is 4.13. The molecule has 1 aromatic heterocycles. The summed E-state index contributed by atoms with van der Waals surface area (Å²) in [6.07, 6.45) is 3.32. The number of nitrogens with zero attached hydrogens (tertiary/aromatic N) is 2. The van der Waals surface area contributed by atoms with Crippen LogP contribution in [0.5, 0.6) is 0 Å². The summed E-state index contributed by atoms with van der Waals surface area (Å²) in [4.78, 5) is 16.1. The minimum Gasteiger partial charge on any atom is -0.387 e. The number of fused-ring (bicyclic) bond motifs is 1. The van der Waals surface area contributed by atoms with E-state index in [4.69, 9.17) is 4.84 Å². The molecule has 2 rings (SSSR count). The van der Waals surface area contributed by atoms with E-state index in [0.29, 0.717) is 11.4 Å². The van der Waals surface area contributed by atoms with Gasteiger partial charge in [-0.3, -0.25) is 4.79 Å². The van der Waals surface area contributed by atoms with Crippen LogP contribution in [0.1, 0.15) is 24.3 Å². The third-order valence-electron chi connectivity index (χ3n) is 1.77. The Bertz CT molecular complexity index is 392. The van der Waals surface area contributed by atoms with Crippen LogP contribution in [0.3, 0.4) is 0 Å². The van der Waals surface area contributed by atoms with Crippen LogP contribution >= 0.6 is 0 Å². The maximum atomic E-state index is 11.1. The fourth-order valence-corrected chi connectivity index (χ4v) is 1.18. The van der Waals surface area contributed by atoms with Crippen molar-refractivity contribution in [2.45, 2.75) is 13.8 Å². The van der Waals surface area contributed by atoms with Crippen molar-refractivity contribution in [3.8, 4) is 0 Å². The molecule has 2 heterocycles. The maximum Gasteiger partial charge on any atom is 0.244 e. The Balaban J connectivity index is 2.55. The zero-order chi connectivity index (χ0) is 9.42. The van der Waals surface area contributed by atoms with Crippen molar-refractivity contribution in [2.24, 2.45) is 0 Å². The fraction of sp³-hybridized carbons (Fsp3) is 0.250. The van der Waals surface area contributed by atoms with Gasteiger partial charge in [0.15, 0.2) is 0 Å². The lowest BCUT2D eigenvalue weighted by Gasteiger charge is -2.13. The second-order valence-corrected chi connectivity index (χ2v) is 2.83. The number of aromatic nitrogens is 2. The lowest BCUT2D eigenvalue weighted by atomic mass is 10.3. The third kappa shape index (κ3) is 1.18. The Kier molecular flexibility index (Phi) is 1.58. The predicted octanol–water partition coefficient (Wildman–Crippen LogP) is 1.26. The van der Waals surface area contributed by atoms with E-state index in [0.717, 1.165) is 5.69 Å². The first-order valence-corrected chi connectivity index (χ1v) is 3.88. The molecule has 0 saturated heterocycles. The van der Waals surface area contributed by atoms with E-state index < -0.39 is 0 Å². The Morgan fingerprint density at radius 3 is 3.15 bits per heavy atom. The Labute approximate surface area is 74.9 Å². The molecule has 0 amide bonds. The number of hydrogen-bond acceptors (Lipinski definition) is 4. The molecular formula is C8H9N3O2. The van der Waals surface area contributed by atoms with Crippen molar-refractivity contribution in [2.75, 3.05) is 5.48 Å². The number of carbonyl (C=O) groups excluding carboxylic acids is 1. The van der Waals surface area contributed by atoms with Gasteiger partial charge in [-0.25, -0.2) is 5.48 Å². The van der Waals surface area contributed by atoms with Gasteiger partial charge in [0.05, 0.1) is 11.9 Å². The molecule has 0 fully saturated rings. The smallest absolute Gasteiger partial charge is 0.244 e. The van der Waals surface area contributed by atoms with Crippen LogP contribution in [0.15, 0.2) is 12.0 Å². The molecule has 13 heavy (non-hydrogen) atoms. The molecule has 1 aromatic rings. The summed E-state index contributed by atoms with van der Waals surface area (Å²) < 4.78 is 1.33. The van der Waals surface area contributed by atoms with Crippen LogP contribution in [-0.4, -0.2) is 15.7 Å². The molecule has 0 radical (unpaired) electrons. The van der Waals surface area contributed by atoms with Crippen LogP contribution in [-0.2, 0) is 4.84 Å². The number of anilines is 1. The summed E-state index contributed by atoms with van der Waals surface area (Å²) in [5, 5.41) is 3.91. The maximum absolute atomic E-state index is 11.1. The van der Waals surface area contributed by atoms with Gasteiger partial charge in [0, 0.05) is 13.0 Å². The number of carbonyl (C=O) groups is 1. The van der Waals surface area contributed by atoms with E-state index in [1.54, 1.807) is 19.2 Å². The molecule has 1 N–H and O–H groups in total. The van der Waals surface area contributed by atoms with E-state index in [-0.39, 0.29) is 5.91 Å². The highest BCUT2D eigenvalue weighted by atomic mass is 16.6. The molecule has 0 bridgehead atoms. The predicted molar refractivity (Wildman–Crippen MR) is 46.9 cm³/mol. The van der Waals surface area contributed by atoms with Crippen LogP contribution in [0.2, 0.25) is 0 Å². The second-order valence-electron chi connectivity index (χ2n) is 2.83.